The molecule has 1 rings (SSSR count). The molecule has 1 aliphatic carbocycles. The molecule has 3 N–H and O–H groups in total. The Morgan fingerprint density at radius 2 is 2.27 bits per heavy atom. The number of aliphatic hydroxyl groups is 1. The van der Waals surface area contributed by atoms with E-state index in [1.807, 2.05) is 13.0 Å². The summed E-state index contributed by atoms with van der Waals surface area (Å²) < 4.78 is 0. The second kappa shape index (κ2) is 3.09. The Balaban J connectivity index is 2.94. The van der Waals surface area contributed by atoms with Crippen LogP contribution >= 0.6 is 0 Å². The smallest absolute Gasteiger partial charge is 0.0781 e. The van der Waals surface area contributed by atoms with E-state index in [-0.39, 0.29) is 0 Å². The lowest BCUT2D eigenvalue weighted by Crippen LogP contribution is -2.17. The third-order valence-electron chi connectivity index (χ3n) is 2.07. The summed E-state index contributed by atoms with van der Waals surface area (Å²) in [6.45, 7) is 3.78. The topological polar surface area (TPSA) is 46.2 Å². The van der Waals surface area contributed by atoms with E-state index < -0.39 is 6.10 Å². The second-order valence-electron chi connectivity index (χ2n) is 3.07. The molecule has 0 heterocycles. The standard InChI is InChI=1S/C9H15NO/c1-6-4-3-5-8(10)9(6)7(2)11/h5,7,11H,3-4,10H2,1-2H3. The molecule has 1 unspecified atom stereocenters. The van der Waals surface area contributed by atoms with Crippen molar-refractivity contribution in [2.24, 2.45) is 5.73 Å². The minimum atomic E-state index is -0.424. The largest absolute Gasteiger partial charge is 0.399 e. The molecule has 0 saturated heterocycles. The van der Waals surface area contributed by atoms with Crippen molar-refractivity contribution in [3.05, 3.63) is 22.9 Å². The molecule has 2 nitrogen and oxygen atoms in total. The van der Waals surface area contributed by atoms with Gasteiger partial charge in [-0.1, -0.05) is 11.6 Å². The predicted octanol–water partition coefficient (Wildman–Crippen LogP) is 1.32. The summed E-state index contributed by atoms with van der Waals surface area (Å²) in [6.07, 6.45) is 3.59. The monoisotopic (exact) mass is 153 g/mol. The van der Waals surface area contributed by atoms with Crippen LogP contribution in [0.4, 0.5) is 0 Å². The lowest BCUT2D eigenvalue weighted by Gasteiger charge is -2.19. The molecule has 2 heteroatoms. The van der Waals surface area contributed by atoms with Gasteiger partial charge in [0.1, 0.15) is 0 Å². The third kappa shape index (κ3) is 1.63. The quantitative estimate of drug-likeness (QED) is 0.596. The molecule has 1 atom stereocenters. The van der Waals surface area contributed by atoms with E-state index in [0.717, 1.165) is 24.1 Å². The first-order valence-electron chi connectivity index (χ1n) is 3.96. The molecular weight excluding hydrogens is 138 g/mol. The van der Waals surface area contributed by atoms with Gasteiger partial charge < -0.3 is 10.8 Å². The van der Waals surface area contributed by atoms with Crippen LogP contribution in [0.15, 0.2) is 22.9 Å². The third-order valence-corrected chi connectivity index (χ3v) is 2.07. The molecule has 0 aromatic rings. The van der Waals surface area contributed by atoms with E-state index in [1.54, 1.807) is 6.92 Å². The van der Waals surface area contributed by atoms with Gasteiger partial charge in [0.15, 0.2) is 0 Å². The molecule has 0 aliphatic heterocycles. The fraction of sp³-hybridized carbons (Fsp3) is 0.556. The van der Waals surface area contributed by atoms with Crippen molar-refractivity contribution in [3.8, 4) is 0 Å². The number of nitrogens with two attached hydrogens (primary N) is 1. The molecule has 62 valence electrons. The van der Waals surface area contributed by atoms with Crippen molar-refractivity contribution in [1.29, 1.82) is 0 Å². The van der Waals surface area contributed by atoms with Crippen LogP contribution in [0.3, 0.4) is 0 Å². The van der Waals surface area contributed by atoms with E-state index in [4.69, 9.17) is 5.73 Å². The summed E-state index contributed by atoms with van der Waals surface area (Å²) in [7, 11) is 0. The average molecular weight is 153 g/mol. The van der Waals surface area contributed by atoms with Crippen LogP contribution in [-0.4, -0.2) is 11.2 Å². The van der Waals surface area contributed by atoms with Gasteiger partial charge in [0, 0.05) is 11.3 Å². The number of hydrogen-bond acceptors (Lipinski definition) is 2. The van der Waals surface area contributed by atoms with Crippen LogP contribution in [0.1, 0.15) is 26.7 Å². The highest BCUT2D eigenvalue weighted by Gasteiger charge is 2.14. The van der Waals surface area contributed by atoms with Crippen LogP contribution < -0.4 is 5.73 Å². The zero-order chi connectivity index (χ0) is 8.43. The van der Waals surface area contributed by atoms with Crippen molar-refractivity contribution in [1.82, 2.24) is 0 Å². The Bertz CT molecular complexity index is 214. The van der Waals surface area contributed by atoms with Crippen LogP contribution in [0.2, 0.25) is 0 Å². The summed E-state index contributed by atoms with van der Waals surface area (Å²) >= 11 is 0. The molecular formula is C9H15NO. The summed E-state index contributed by atoms with van der Waals surface area (Å²) in [5.41, 5.74) is 8.62. The molecule has 1 aliphatic rings. The lowest BCUT2D eigenvalue weighted by molar-refractivity contribution is 0.231. The van der Waals surface area contributed by atoms with Gasteiger partial charge >= 0.3 is 0 Å². The molecule has 0 radical (unpaired) electrons. The maximum atomic E-state index is 9.34. The minimum Gasteiger partial charge on any atom is -0.399 e. The van der Waals surface area contributed by atoms with E-state index in [2.05, 4.69) is 0 Å². The first kappa shape index (κ1) is 8.34. The van der Waals surface area contributed by atoms with Crippen molar-refractivity contribution < 1.29 is 5.11 Å². The molecule has 0 bridgehead atoms. The highest BCUT2D eigenvalue weighted by atomic mass is 16.3. The number of hydrogen-bond donors (Lipinski definition) is 2. The minimum absolute atomic E-state index is 0.424. The number of aliphatic hydroxyl groups excluding tert-OH is 1. The van der Waals surface area contributed by atoms with E-state index in [9.17, 15) is 5.11 Å². The summed E-state index contributed by atoms with van der Waals surface area (Å²) in [6, 6.07) is 0. The van der Waals surface area contributed by atoms with Crippen LogP contribution in [0, 0.1) is 0 Å². The maximum absolute atomic E-state index is 9.34. The van der Waals surface area contributed by atoms with Crippen molar-refractivity contribution in [2.75, 3.05) is 0 Å². The second-order valence-corrected chi connectivity index (χ2v) is 3.07. The van der Waals surface area contributed by atoms with Crippen LogP contribution in [-0.2, 0) is 0 Å². The number of rotatable bonds is 1. The highest BCUT2D eigenvalue weighted by Crippen LogP contribution is 2.24. The van der Waals surface area contributed by atoms with Crippen LogP contribution in [0.5, 0.6) is 0 Å². The Morgan fingerprint density at radius 3 is 2.64 bits per heavy atom. The molecule has 0 saturated carbocycles. The summed E-state index contributed by atoms with van der Waals surface area (Å²) in [5.74, 6) is 0. The summed E-state index contributed by atoms with van der Waals surface area (Å²) in [4.78, 5) is 0. The van der Waals surface area contributed by atoms with E-state index in [1.165, 1.54) is 5.57 Å². The van der Waals surface area contributed by atoms with E-state index in [0.29, 0.717) is 0 Å². The van der Waals surface area contributed by atoms with Gasteiger partial charge in [0.05, 0.1) is 6.10 Å². The van der Waals surface area contributed by atoms with Gasteiger partial charge in [-0.05, 0) is 26.7 Å². The first-order chi connectivity index (χ1) is 5.13. The molecule has 11 heavy (non-hydrogen) atoms. The predicted molar refractivity (Wildman–Crippen MR) is 45.9 cm³/mol. The van der Waals surface area contributed by atoms with E-state index >= 15 is 0 Å². The van der Waals surface area contributed by atoms with Gasteiger partial charge in [-0.3, -0.25) is 0 Å². The molecule has 0 spiro atoms. The van der Waals surface area contributed by atoms with Gasteiger partial charge in [0.2, 0.25) is 0 Å². The Labute approximate surface area is 67.4 Å². The molecule has 0 amide bonds. The fourth-order valence-electron chi connectivity index (χ4n) is 1.53. The van der Waals surface area contributed by atoms with Crippen molar-refractivity contribution >= 4 is 0 Å². The Kier molecular flexibility index (Phi) is 2.35. The molecule has 0 fully saturated rings. The van der Waals surface area contributed by atoms with Crippen LogP contribution in [0.25, 0.3) is 0 Å². The zero-order valence-electron chi connectivity index (χ0n) is 7.09. The normalized spacial score (nSPS) is 21.5. The lowest BCUT2D eigenvalue weighted by atomic mass is 9.93. The van der Waals surface area contributed by atoms with Gasteiger partial charge in [-0.2, -0.15) is 0 Å². The maximum Gasteiger partial charge on any atom is 0.0781 e. The SMILES string of the molecule is CC1=C(C(C)O)C(N)=CCC1. The number of allylic oxidation sites excluding steroid dienone is 2. The zero-order valence-corrected chi connectivity index (χ0v) is 7.09. The van der Waals surface area contributed by atoms with Gasteiger partial charge in [-0.25, -0.2) is 0 Å². The molecule has 0 aromatic heterocycles. The molecule has 0 aromatic carbocycles. The average Bonchev–Trinajstić information content (AvgIpc) is 1.85. The van der Waals surface area contributed by atoms with Crippen molar-refractivity contribution in [3.63, 3.8) is 0 Å². The Hall–Kier alpha value is -0.760. The van der Waals surface area contributed by atoms with Gasteiger partial charge in [0.25, 0.3) is 0 Å². The van der Waals surface area contributed by atoms with Crippen molar-refractivity contribution in [2.45, 2.75) is 32.8 Å². The Morgan fingerprint density at radius 1 is 1.64 bits per heavy atom. The highest BCUT2D eigenvalue weighted by molar-refractivity contribution is 5.37. The summed E-state index contributed by atoms with van der Waals surface area (Å²) in [5, 5.41) is 9.34. The fourth-order valence-corrected chi connectivity index (χ4v) is 1.53. The van der Waals surface area contributed by atoms with Gasteiger partial charge in [-0.15, -0.1) is 0 Å². The first-order valence-corrected chi connectivity index (χ1v) is 3.96.